The Hall–Kier alpha value is -1.67. The molecule has 0 aliphatic rings. The summed E-state index contributed by atoms with van der Waals surface area (Å²) >= 11 is 0. The lowest BCUT2D eigenvalue weighted by molar-refractivity contribution is 0.523. The molecule has 20 heavy (non-hydrogen) atoms. The van der Waals surface area contributed by atoms with E-state index in [1.807, 2.05) is 12.3 Å². The van der Waals surface area contributed by atoms with E-state index in [1.165, 1.54) is 22.4 Å². The molecule has 0 saturated carbocycles. The monoisotopic (exact) mass is 268 g/mol. The zero-order valence-corrected chi connectivity index (χ0v) is 12.7. The molecular formula is C18H24N2. The third-order valence-electron chi connectivity index (χ3n) is 3.60. The normalized spacial score (nSPS) is 12.3. The van der Waals surface area contributed by atoms with Crippen LogP contribution in [0.4, 0.5) is 0 Å². The molecule has 2 heteroatoms. The van der Waals surface area contributed by atoms with Crippen LogP contribution in [0.5, 0.6) is 0 Å². The number of aryl methyl sites for hydroxylation is 2. The number of hydrogen-bond donors (Lipinski definition) is 1. The molecule has 1 N–H and O–H groups in total. The summed E-state index contributed by atoms with van der Waals surface area (Å²) in [6, 6.07) is 13.2. The molecule has 2 nitrogen and oxygen atoms in total. The molecule has 0 amide bonds. The zero-order valence-electron chi connectivity index (χ0n) is 12.7. The van der Waals surface area contributed by atoms with Crippen LogP contribution in [0.15, 0.2) is 42.6 Å². The molecule has 0 aliphatic carbocycles. The summed E-state index contributed by atoms with van der Waals surface area (Å²) < 4.78 is 0. The topological polar surface area (TPSA) is 24.9 Å². The molecule has 1 heterocycles. The highest BCUT2D eigenvalue weighted by atomic mass is 14.9. The van der Waals surface area contributed by atoms with Crippen molar-refractivity contribution < 1.29 is 0 Å². The fourth-order valence-electron chi connectivity index (χ4n) is 2.44. The number of pyridine rings is 1. The molecule has 0 fully saturated rings. The Balaban J connectivity index is 2.21. The third kappa shape index (κ3) is 3.91. The van der Waals surface area contributed by atoms with Crippen LogP contribution in [-0.4, -0.2) is 11.5 Å². The Labute approximate surface area is 122 Å². The summed E-state index contributed by atoms with van der Waals surface area (Å²) in [7, 11) is 0. The SMILES string of the molecule is CCCNC(Cc1ncccc1C)c1cccc(C)c1. The average molecular weight is 268 g/mol. The molecule has 0 spiro atoms. The van der Waals surface area contributed by atoms with Crippen LogP contribution in [-0.2, 0) is 6.42 Å². The van der Waals surface area contributed by atoms with Gasteiger partial charge in [0.2, 0.25) is 0 Å². The van der Waals surface area contributed by atoms with E-state index in [2.05, 4.69) is 61.4 Å². The van der Waals surface area contributed by atoms with E-state index >= 15 is 0 Å². The van der Waals surface area contributed by atoms with Crippen LogP contribution in [0.1, 0.15) is 41.8 Å². The van der Waals surface area contributed by atoms with Gasteiger partial charge >= 0.3 is 0 Å². The number of aromatic nitrogens is 1. The van der Waals surface area contributed by atoms with Crippen LogP contribution in [0.25, 0.3) is 0 Å². The van der Waals surface area contributed by atoms with E-state index < -0.39 is 0 Å². The molecule has 1 atom stereocenters. The Morgan fingerprint density at radius 1 is 1.15 bits per heavy atom. The third-order valence-corrected chi connectivity index (χ3v) is 3.60. The Kier molecular flexibility index (Phi) is 5.31. The van der Waals surface area contributed by atoms with Crippen molar-refractivity contribution in [1.82, 2.24) is 10.3 Å². The van der Waals surface area contributed by atoms with E-state index in [1.54, 1.807) is 0 Å². The van der Waals surface area contributed by atoms with Crippen molar-refractivity contribution in [3.05, 3.63) is 65.0 Å². The Bertz CT molecular complexity index is 549. The van der Waals surface area contributed by atoms with Gasteiger partial charge in [0.25, 0.3) is 0 Å². The maximum absolute atomic E-state index is 4.53. The molecule has 0 radical (unpaired) electrons. The summed E-state index contributed by atoms with van der Waals surface area (Å²) in [6.45, 7) is 7.51. The van der Waals surface area contributed by atoms with Gasteiger partial charge < -0.3 is 5.32 Å². The first-order chi connectivity index (χ1) is 9.70. The zero-order chi connectivity index (χ0) is 14.4. The van der Waals surface area contributed by atoms with Crippen molar-refractivity contribution in [1.29, 1.82) is 0 Å². The number of nitrogens with one attached hydrogen (secondary N) is 1. The number of hydrogen-bond acceptors (Lipinski definition) is 2. The van der Waals surface area contributed by atoms with E-state index in [0.29, 0.717) is 6.04 Å². The fourth-order valence-corrected chi connectivity index (χ4v) is 2.44. The van der Waals surface area contributed by atoms with E-state index in [0.717, 1.165) is 19.4 Å². The first-order valence-electron chi connectivity index (χ1n) is 7.41. The summed E-state index contributed by atoms with van der Waals surface area (Å²) in [4.78, 5) is 4.53. The summed E-state index contributed by atoms with van der Waals surface area (Å²) in [5.74, 6) is 0. The van der Waals surface area contributed by atoms with Gasteiger partial charge in [-0.25, -0.2) is 0 Å². The summed E-state index contributed by atoms with van der Waals surface area (Å²) in [5.41, 5.74) is 5.11. The quantitative estimate of drug-likeness (QED) is 0.857. The minimum Gasteiger partial charge on any atom is -0.310 e. The lowest BCUT2D eigenvalue weighted by Crippen LogP contribution is -2.24. The van der Waals surface area contributed by atoms with E-state index in [4.69, 9.17) is 0 Å². The molecule has 2 rings (SSSR count). The lowest BCUT2D eigenvalue weighted by atomic mass is 9.98. The average Bonchev–Trinajstić information content (AvgIpc) is 2.45. The predicted molar refractivity (Wildman–Crippen MR) is 84.9 cm³/mol. The Morgan fingerprint density at radius 2 is 2.00 bits per heavy atom. The van der Waals surface area contributed by atoms with E-state index in [-0.39, 0.29) is 0 Å². The molecule has 0 saturated heterocycles. The molecule has 2 aromatic rings. The van der Waals surface area contributed by atoms with Gasteiger partial charge in [0.1, 0.15) is 0 Å². The summed E-state index contributed by atoms with van der Waals surface area (Å²) in [6.07, 6.45) is 3.97. The molecule has 0 bridgehead atoms. The molecule has 1 aromatic carbocycles. The number of benzene rings is 1. The molecule has 1 aromatic heterocycles. The maximum Gasteiger partial charge on any atom is 0.0451 e. The second kappa shape index (κ2) is 7.20. The largest absolute Gasteiger partial charge is 0.310 e. The maximum atomic E-state index is 4.53. The molecule has 0 aliphatic heterocycles. The highest BCUT2D eigenvalue weighted by molar-refractivity contribution is 5.28. The van der Waals surface area contributed by atoms with Crippen LogP contribution < -0.4 is 5.32 Å². The van der Waals surface area contributed by atoms with Crippen molar-refractivity contribution >= 4 is 0 Å². The van der Waals surface area contributed by atoms with Crippen LogP contribution in [0.3, 0.4) is 0 Å². The van der Waals surface area contributed by atoms with Crippen LogP contribution >= 0.6 is 0 Å². The van der Waals surface area contributed by atoms with Crippen molar-refractivity contribution in [2.45, 2.75) is 39.7 Å². The molecular weight excluding hydrogens is 244 g/mol. The van der Waals surface area contributed by atoms with Crippen LogP contribution in [0, 0.1) is 13.8 Å². The fraction of sp³-hybridized carbons (Fsp3) is 0.389. The highest BCUT2D eigenvalue weighted by Gasteiger charge is 2.13. The first kappa shape index (κ1) is 14.7. The molecule has 106 valence electrons. The smallest absolute Gasteiger partial charge is 0.0451 e. The van der Waals surface area contributed by atoms with Gasteiger partial charge in [0, 0.05) is 24.4 Å². The minimum atomic E-state index is 0.337. The van der Waals surface area contributed by atoms with E-state index in [9.17, 15) is 0 Å². The van der Waals surface area contributed by atoms with Crippen LogP contribution in [0.2, 0.25) is 0 Å². The second-order valence-electron chi connectivity index (χ2n) is 5.39. The van der Waals surface area contributed by atoms with Gasteiger partial charge in [-0.2, -0.15) is 0 Å². The number of rotatable bonds is 6. The van der Waals surface area contributed by atoms with Crippen molar-refractivity contribution in [3.63, 3.8) is 0 Å². The summed E-state index contributed by atoms with van der Waals surface area (Å²) in [5, 5.41) is 3.65. The molecule has 1 unspecified atom stereocenters. The van der Waals surface area contributed by atoms with Crippen molar-refractivity contribution in [3.8, 4) is 0 Å². The van der Waals surface area contributed by atoms with Crippen molar-refractivity contribution in [2.75, 3.05) is 6.54 Å². The standard InChI is InChI=1S/C18H24N2/c1-4-10-19-18(16-9-5-7-14(2)12-16)13-17-15(3)8-6-11-20-17/h5-9,11-12,18-19H,4,10,13H2,1-3H3. The van der Waals surface area contributed by atoms with Crippen molar-refractivity contribution in [2.24, 2.45) is 0 Å². The van der Waals surface area contributed by atoms with Gasteiger partial charge in [-0.05, 0) is 44.0 Å². The van der Waals surface area contributed by atoms with Gasteiger partial charge in [0.05, 0.1) is 0 Å². The highest BCUT2D eigenvalue weighted by Crippen LogP contribution is 2.20. The van der Waals surface area contributed by atoms with Gasteiger partial charge in [-0.15, -0.1) is 0 Å². The van der Waals surface area contributed by atoms with Gasteiger partial charge in [-0.3, -0.25) is 4.98 Å². The minimum absolute atomic E-state index is 0.337. The number of nitrogens with zero attached hydrogens (tertiary/aromatic N) is 1. The predicted octanol–water partition coefficient (Wildman–Crippen LogP) is 3.98. The lowest BCUT2D eigenvalue weighted by Gasteiger charge is -2.20. The van der Waals surface area contributed by atoms with Gasteiger partial charge in [0.15, 0.2) is 0 Å². The van der Waals surface area contributed by atoms with Gasteiger partial charge in [-0.1, -0.05) is 42.8 Å². The Morgan fingerprint density at radius 3 is 2.70 bits per heavy atom. The first-order valence-corrected chi connectivity index (χ1v) is 7.41. The second-order valence-corrected chi connectivity index (χ2v) is 5.39.